The van der Waals surface area contributed by atoms with Crippen molar-refractivity contribution in [2.45, 2.75) is 58.4 Å². The van der Waals surface area contributed by atoms with E-state index in [1.54, 1.807) is 6.08 Å². The first-order valence-electron chi connectivity index (χ1n) is 11.7. The molecule has 7 nitrogen and oxygen atoms in total. The van der Waals surface area contributed by atoms with Gasteiger partial charge >= 0.3 is 12.0 Å². The third-order valence-electron chi connectivity index (χ3n) is 6.74. The molecular weight excluding hydrogens is 449 g/mol. The number of nitrogens with one attached hydrogen (secondary N) is 3. The number of hydrogen-bond acceptors (Lipinski definition) is 3. The summed E-state index contributed by atoms with van der Waals surface area (Å²) in [7, 11) is 0. The van der Waals surface area contributed by atoms with E-state index in [-0.39, 0.29) is 17.2 Å². The van der Waals surface area contributed by atoms with Crippen LogP contribution in [0.1, 0.15) is 66.1 Å². The van der Waals surface area contributed by atoms with Crippen molar-refractivity contribution in [1.82, 2.24) is 5.32 Å². The highest BCUT2D eigenvalue weighted by molar-refractivity contribution is 6.08. The molecule has 1 unspecified atom stereocenters. The molecule has 0 spiro atoms. The predicted octanol–water partition coefficient (Wildman–Crippen LogP) is 5.88. The Kier molecular flexibility index (Phi) is 7.94. The highest BCUT2D eigenvalue weighted by atomic mass is 19.1. The zero-order chi connectivity index (χ0) is 25.8. The zero-order valence-corrected chi connectivity index (χ0v) is 20.3. The monoisotopic (exact) mass is 481 g/mol. The van der Waals surface area contributed by atoms with E-state index in [1.165, 1.54) is 13.0 Å². The van der Waals surface area contributed by atoms with Gasteiger partial charge < -0.3 is 21.1 Å². The molecule has 3 rings (SSSR count). The maximum Gasteiger partial charge on any atom is 0.329 e. The smallest absolute Gasteiger partial charge is 0.329 e. The number of amides is 3. The Morgan fingerprint density at radius 1 is 1.06 bits per heavy atom. The molecule has 35 heavy (non-hydrogen) atoms. The molecule has 1 fully saturated rings. The number of aryl methyl sites for hydroxylation is 2. The molecule has 1 atom stereocenters. The number of urea groups is 1. The molecule has 186 valence electrons. The number of benzene rings is 2. The lowest BCUT2D eigenvalue weighted by atomic mass is 9.75. The standard InChI is InChI=1S/C27H32FN3O4/c1-5-18-13-16(2)23(17(3)14-18)30-26(35)29-22-15-20(28)11-12-21(22)24(32)31-27(4,25(33)34)19-9-7-6-8-10-19/h5,11-15,19H,1,6-10H2,2-4H3,(H,31,32)(H,33,34)(H2,29,30,35). The van der Waals surface area contributed by atoms with Gasteiger partial charge in [-0.1, -0.05) is 31.9 Å². The van der Waals surface area contributed by atoms with Crippen molar-refractivity contribution in [3.05, 3.63) is 65.0 Å². The predicted molar refractivity (Wildman–Crippen MR) is 135 cm³/mol. The molecule has 2 aromatic carbocycles. The Hall–Kier alpha value is -3.68. The van der Waals surface area contributed by atoms with Crippen molar-refractivity contribution >= 4 is 35.4 Å². The van der Waals surface area contributed by atoms with Gasteiger partial charge in [0.1, 0.15) is 11.4 Å². The molecule has 4 N–H and O–H groups in total. The Balaban J connectivity index is 1.83. The molecule has 3 amide bonds. The lowest BCUT2D eigenvalue weighted by Crippen LogP contribution is -2.57. The van der Waals surface area contributed by atoms with E-state index in [4.69, 9.17) is 0 Å². The summed E-state index contributed by atoms with van der Waals surface area (Å²) >= 11 is 0. The van der Waals surface area contributed by atoms with E-state index in [2.05, 4.69) is 22.5 Å². The SMILES string of the molecule is C=Cc1cc(C)c(NC(=O)Nc2cc(F)ccc2C(=O)NC(C)(C(=O)O)C2CCCCC2)c(C)c1. The molecule has 1 aliphatic rings. The van der Waals surface area contributed by atoms with Crippen LogP contribution < -0.4 is 16.0 Å². The van der Waals surface area contributed by atoms with Gasteiger partial charge in [0.05, 0.1) is 11.3 Å². The van der Waals surface area contributed by atoms with Gasteiger partial charge in [0.25, 0.3) is 5.91 Å². The fourth-order valence-electron chi connectivity index (χ4n) is 4.71. The van der Waals surface area contributed by atoms with E-state index in [9.17, 15) is 23.9 Å². The van der Waals surface area contributed by atoms with Crippen molar-refractivity contribution in [3.63, 3.8) is 0 Å². The van der Waals surface area contributed by atoms with Gasteiger partial charge in [0, 0.05) is 5.69 Å². The molecule has 2 aromatic rings. The van der Waals surface area contributed by atoms with Crippen molar-refractivity contribution in [2.24, 2.45) is 5.92 Å². The summed E-state index contributed by atoms with van der Waals surface area (Å²) in [5.41, 5.74) is 1.57. The van der Waals surface area contributed by atoms with Crippen LogP contribution in [0, 0.1) is 25.6 Å². The molecule has 0 radical (unpaired) electrons. The number of anilines is 2. The first-order chi connectivity index (χ1) is 16.5. The van der Waals surface area contributed by atoms with Gasteiger partial charge in [-0.25, -0.2) is 14.0 Å². The fraction of sp³-hybridized carbons (Fsp3) is 0.370. The first kappa shape index (κ1) is 25.9. The van der Waals surface area contributed by atoms with E-state index in [0.29, 0.717) is 18.5 Å². The number of carboxylic acid groups (broad SMARTS) is 1. The third-order valence-corrected chi connectivity index (χ3v) is 6.74. The lowest BCUT2D eigenvalue weighted by Gasteiger charge is -2.37. The van der Waals surface area contributed by atoms with Crippen molar-refractivity contribution < 1.29 is 23.9 Å². The van der Waals surface area contributed by atoms with Crippen molar-refractivity contribution in [3.8, 4) is 0 Å². The van der Waals surface area contributed by atoms with Gasteiger partial charge in [-0.05, 0) is 86.6 Å². The summed E-state index contributed by atoms with van der Waals surface area (Å²) < 4.78 is 14.0. The van der Waals surface area contributed by atoms with E-state index < -0.39 is 29.3 Å². The Labute approximate surface area is 204 Å². The summed E-state index contributed by atoms with van der Waals surface area (Å²) in [5, 5.41) is 17.9. The molecule has 1 aliphatic carbocycles. The minimum atomic E-state index is -1.48. The maximum absolute atomic E-state index is 14.0. The van der Waals surface area contributed by atoms with Crippen LogP contribution in [0.4, 0.5) is 20.6 Å². The fourth-order valence-corrected chi connectivity index (χ4v) is 4.71. The summed E-state index contributed by atoms with van der Waals surface area (Å²) in [6.07, 6.45) is 5.95. The summed E-state index contributed by atoms with van der Waals surface area (Å²) in [6.45, 7) is 8.94. The molecule has 0 aliphatic heterocycles. The van der Waals surface area contributed by atoms with Crippen molar-refractivity contribution in [1.29, 1.82) is 0 Å². The van der Waals surface area contributed by atoms with Crippen LogP contribution in [0.2, 0.25) is 0 Å². The number of carbonyl (C=O) groups is 3. The van der Waals surface area contributed by atoms with Gasteiger partial charge in [-0.2, -0.15) is 0 Å². The lowest BCUT2D eigenvalue weighted by molar-refractivity contribution is -0.146. The van der Waals surface area contributed by atoms with Crippen LogP contribution >= 0.6 is 0 Å². The minimum Gasteiger partial charge on any atom is -0.480 e. The summed E-state index contributed by atoms with van der Waals surface area (Å²) in [6, 6.07) is 6.45. The Morgan fingerprint density at radius 3 is 2.26 bits per heavy atom. The molecule has 1 saturated carbocycles. The van der Waals surface area contributed by atoms with Crippen LogP contribution in [-0.4, -0.2) is 28.6 Å². The Morgan fingerprint density at radius 2 is 1.69 bits per heavy atom. The topological polar surface area (TPSA) is 108 Å². The second-order valence-corrected chi connectivity index (χ2v) is 9.30. The Bertz CT molecular complexity index is 1130. The van der Waals surface area contributed by atoms with Crippen LogP contribution in [0.15, 0.2) is 36.9 Å². The second-order valence-electron chi connectivity index (χ2n) is 9.30. The summed E-state index contributed by atoms with van der Waals surface area (Å²) in [4.78, 5) is 38.1. The molecule has 0 saturated heterocycles. The highest BCUT2D eigenvalue weighted by Gasteiger charge is 2.43. The number of carboxylic acids is 1. The molecule has 8 heteroatoms. The van der Waals surface area contributed by atoms with E-state index in [0.717, 1.165) is 48.1 Å². The first-order valence-corrected chi connectivity index (χ1v) is 11.7. The normalized spacial score (nSPS) is 15.5. The van der Waals surface area contributed by atoms with Gasteiger partial charge in [-0.15, -0.1) is 0 Å². The van der Waals surface area contributed by atoms with Crippen LogP contribution in [-0.2, 0) is 4.79 Å². The van der Waals surface area contributed by atoms with Crippen LogP contribution in [0.5, 0.6) is 0 Å². The number of hydrogen-bond donors (Lipinski definition) is 4. The van der Waals surface area contributed by atoms with Crippen LogP contribution in [0.25, 0.3) is 6.08 Å². The van der Waals surface area contributed by atoms with Crippen molar-refractivity contribution in [2.75, 3.05) is 10.6 Å². The van der Waals surface area contributed by atoms with Gasteiger partial charge in [0.15, 0.2) is 0 Å². The quantitative estimate of drug-likeness (QED) is 0.396. The van der Waals surface area contributed by atoms with Crippen LogP contribution in [0.3, 0.4) is 0 Å². The average molecular weight is 482 g/mol. The molecule has 0 heterocycles. The average Bonchev–Trinajstić information content (AvgIpc) is 2.81. The number of rotatable bonds is 7. The number of aliphatic carboxylic acids is 1. The number of carbonyl (C=O) groups excluding carboxylic acids is 2. The van der Waals surface area contributed by atoms with E-state index in [1.807, 2.05) is 26.0 Å². The molecule has 0 aromatic heterocycles. The summed E-state index contributed by atoms with van der Waals surface area (Å²) in [5.74, 6) is -2.69. The maximum atomic E-state index is 14.0. The van der Waals surface area contributed by atoms with Gasteiger partial charge in [-0.3, -0.25) is 4.79 Å². The highest BCUT2D eigenvalue weighted by Crippen LogP contribution is 2.33. The molecular formula is C27H32FN3O4. The minimum absolute atomic E-state index is 0.0275. The second kappa shape index (κ2) is 10.7. The van der Waals surface area contributed by atoms with E-state index >= 15 is 0 Å². The molecule has 0 bridgehead atoms. The van der Waals surface area contributed by atoms with Gasteiger partial charge in [0.2, 0.25) is 0 Å². The third kappa shape index (κ3) is 5.88. The largest absolute Gasteiger partial charge is 0.480 e. The zero-order valence-electron chi connectivity index (χ0n) is 20.3. The number of halogens is 1.